The molecule has 0 unspecified atom stereocenters. The molecule has 1 heteroatoms. The van der Waals surface area contributed by atoms with Crippen LogP contribution in [0.2, 0.25) is 0 Å². The van der Waals surface area contributed by atoms with Gasteiger partial charge in [-0.3, -0.25) is 0 Å². The van der Waals surface area contributed by atoms with Crippen molar-refractivity contribution in [3.05, 3.63) is 24.8 Å². The average molecular weight is 259 g/mol. The SMILES string of the molecule is C=CCCCC=CCNC12CC3CC(CC(C3)C1)C2. The van der Waals surface area contributed by atoms with E-state index in [-0.39, 0.29) is 0 Å². The fourth-order valence-electron chi connectivity index (χ4n) is 5.18. The average Bonchev–Trinajstić information content (AvgIpc) is 2.36. The predicted octanol–water partition coefficient (Wildman–Crippen LogP) is 4.46. The van der Waals surface area contributed by atoms with E-state index < -0.39 is 0 Å². The lowest BCUT2D eigenvalue weighted by atomic mass is 9.53. The first-order valence-electron chi connectivity index (χ1n) is 8.30. The molecular formula is C18H29N. The first kappa shape index (κ1) is 13.4. The summed E-state index contributed by atoms with van der Waals surface area (Å²) in [5.74, 6) is 3.15. The van der Waals surface area contributed by atoms with Gasteiger partial charge in [0, 0.05) is 12.1 Å². The molecule has 4 fully saturated rings. The molecular weight excluding hydrogens is 230 g/mol. The molecule has 4 rings (SSSR count). The third-order valence-electron chi connectivity index (χ3n) is 5.58. The van der Waals surface area contributed by atoms with Crippen LogP contribution in [0.5, 0.6) is 0 Å². The Balaban J connectivity index is 1.44. The molecule has 106 valence electrons. The smallest absolute Gasteiger partial charge is 0.0192 e. The summed E-state index contributed by atoms with van der Waals surface area (Å²) in [5.41, 5.74) is 0.528. The number of nitrogens with one attached hydrogen (secondary N) is 1. The van der Waals surface area contributed by atoms with Crippen LogP contribution < -0.4 is 5.32 Å². The molecule has 0 aliphatic heterocycles. The fraction of sp³-hybridized carbons (Fsp3) is 0.778. The molecule has 0 saturated heterocycles. The molecule has 0 heterocycles. The highest BCUT2D eigenvalue weighted by molar-refractivity contribution is 5.07. The van der Waals surface area contributed by atoms with Crippen molar-refractivity contribution in [2.75, 3.05) is 6.54 Å². The standard InChI is InChI=1S/C18H29N/c1-2-3-4-5-6-7-8-19-18-12-15-9-16(13-18)11-17(10-15)14-18/h2,6-7,15-17,19H,1,3-5,8-14H2. The van der Waals surface area contributed by atoms with E-state index in [0.717, 1.165) is 30.7 Å². The number of unbranched alkanes of at least 4 members (excludes halogenated alkanes) is 2. The van der Waals surface area contributed by atoms with E-state index in [2.05, 4.69) is 24.0 Å². The topological polar surface area (TPSA) is 12.0 Å². The molecule has 0 aromatic heterocycles. The van der Waals surface area contributed by atoms with Gasteiger partial charge in [0.1, 0.15) is 0 Å². The Morgan fingerprint density at radius 3 is 2.16 bits per heavy atom. The quantitative estimate of drug-likeness (QED) is 0.526. The zero-order valence-corrected chi connectivity index (χ0v) is 12.2. The van der Waals surface area contributed by atoms with Crippen molar-refractivity contribution in [2.24, 2.45) is 17.8 Å². The van der Waals surface area contributed by atoms with Gasteiger partial charge >= 0.3 is 0 Å². The summed E-state index contributed by atoms with van der Waals surface area (Å²) in [6.07, 6.45) is 19.3. The second kappa shape index (κ2) is 5.83. The Hall–Kier alpha value is -0.560. The first-order chi connectivity index (χ1) is 9.30. The fourth-order valence-corrected chi connectivity index (χ4v) is 5.18. The predicted molar refractivity (Wildman–Crippen MR) is 82.1 cm³/mol. The third kappa shape index (κ3) is 3.13. The maximum Gasteiger partial charge on any atom is 0.0192 e. The maximum absolute atomic E-state index is 3.91. The van der Waals surface area contributed by atoms with Gasteiger partial charge in [-0.25, -0.2) is 0 Å². The van der Waals surface area contributed by atoms with E-state index >= 15 is 0 Å². The van der Waals surface area contributed by atoms with E-state index in [0.29, 0.717) is 5.54 Å². The summed E-state index contributed by atoms with van der Waals surface area (Å²) in [7, 11) is 0. The Bertz CT molecular complexity index is 306. The molecule has 4 bridgehead atoms. The highest BCUT2D eigenvalue weighted by atomic mass is 15.0. The summed E-state index contributed by atoms with van der Waals surface area (Å²) >= 11 is 0. The highest BCUT2D eigenvalue weighted by Gasteiger charge is 2.50. The summed E-state index contributed by atoms with van der Waals surface area (Å²) in [6.45, 7) is 4.85. The molecule has 0 spiro atoms. The van der Waals surface area contributed by atoms with Gasteiger partial charge in [-0.1, -0.05) is 18.2 Å². The van der Waals surface area contributed by atoms with Crippen molar-refractivity contribution in [1.29, 1.82) is 0 Å². The van der Waals surface area contributed by atoms with E-state index in [1.807, 2.05) is 6.08 Å². The summed E-state index contributed by atoms with van der Waals surface area (Å²) in [6, 6.07) is 0. The van der Waals surface area contributed by atoms with Crippen molar-refractivity contribution in [2.45, 2.75) is 63.3 Å². The zero-order valence-electron chi connectivity index (χ0n) is 12.2. The van der Waals surface area contributed by atoms with Crippen LogP contribution in [0.4, 0.5) is 0 Å². The maximum atomic E-state index is 3.91. The summed E-state index contributed by atoms with van der Waals surface area (Å²) in [4.78, 5) is 0. The summed E-state index contributed by atoms with van der Waals surface area (Å²) in [5, 5.41) is 3.91. The Morgan fingerprint density at radius 1 is 0.947 bits per heavy atom. The lowest BCUT2D eigenvalue weighted by Crippen LogP contribution is -2.58. The van der Waals surface area contributed by atoms with Crippen LogP contribution in [-0.2, 0) is 0 Å². The number of rotatable bonds is 7. The number of hydrogen-bond donors (Lipinski definition) is 1. The van der Waals surface area contributed by atoms with Gasteiger partial charge in [0.25, 0.3) is 0 Å². The number of allylic oxidation sites excluding steroid dienone is 2. The van der Waals surface area contributed by atoms with Crippen LogP contribution in [0.15, 0.2) is 24.8 Å². The molecule has 0 amide bonds. The van der Waals surface area contributed by atoms with Gasteiger partial charge in [-0.2, -0.15) is 0 Å². The van der Waals surface area contributed by atoms with Crippen LogP contribution >= 0.6 is 0 Å². The molecule has 1 N–H and O–H groups in total. The van der Waals surface area contributed by atoms with Crippen LogP contribution in [0.1, 0.15) is 57.8 Å². The van der Waals surface area contributed by atoms with Crippen LogP contribution in [0.3, 0.4) is 0 Å². The molecule has 1 nitrogen and oxygen atoms in total. The van der Waals surface area contributed by atoms with Gasteiger partial charge < -0.3 is 5.32 Å². The highest BCUT2D eigenvalue weighted by Crippen LogP contribution is 2.55. The Kier molecular flexibility index (Phi) is 4.12. The summed E-state index contributed by atoms with van der Waals surface area (Å²) < 4.78 is 0. The second-order valence-electron chi connectivity index (χ2n) is 7.27. The van der Waals surface area contributed by atoms with E-state index in [9.17, 15) is 0 Å². The van der Waals surface area contributed by atoms with Crippen molar-refractivity contribution < 1.29 is 0 Å². The minimum absolute atomic E-state index is 0.528. The van der Waals surface area contributed by atoms with E-state index in [1.54, 1.807) is 0 Å². The van der Waals surface area contributed by atoms with Crippen LogP contribution in [-0.4, -0.2) is 12.1 Å². The molecule has 4 saturated carbocycles. The van der Waals surface area contributed by atoms with Crippen LogP contribution in [0, 0.1) is 17.8 Å². The minimum Gasteiger partial charge on any atom is -0.308 e. The van der Waals surface area contributed by atoms with Gasteiger partial charge in [0.15, 0.2) is 0 Å². The lowest BCUT2D eigenvalue weighted by Gasteiger charge is -2.57. The monoisotopic (exact) mass is 259 g/mol. The largest absolute Gasteiger partial charge is 0.308 e. The van der Waals surface area contributed by atoms with Crippen LogP contribution in [0.25, 0.3) is 0 Å². The van der Waals surface area contributed by atoms with Gasteiger partial charge in [0.2, 0.25) is 0 Å². The van der Waals surface area contributed by atoms with Crippen molar-refractivity contribution in [3.63, 3.8) is 0 Å². The molecule has 0 radical (unpaired) electrons. The molecule has 4 aliphatic carbocycles. The molecule has 19 heavy (non-hydrogen) atoms. The Morgan fingerprint density at radius 2 is 1.58 bits per heavy atom. The minimum atomic E-state index is 0.528. The number of hydrogen-bond acceptors (Lipinski definition) is 1. The normalized spacial score (nSPS) is 40.1. The zero-order chi connectivity index (χ0) is 13.1. The first-order valence-corrected chi connectivity index (χ1v) is 8.30. The van der Waals surface area contributed by atoms with Gasteiger partial charge in [-0.05, 0) is 75.5 Å². The van der Waals surface area contributed by atoms with E-state index in [4.69, 9.17) is 0 Å². The molecule has 0 aromatic carbocycles. The lowest BCUT2D eigenvalue weighted by molar-refractivity contribution is -0.0179. The third-order valence-corrected chi connectivity index (χ3v) is 5.58. The molecule has 4 aliphatic rings. The van der Waals surface area contributed by atoms with Crippen molar-refractivity contribution >= 4 is 0 Å². The van der Waals surface area contributed by atoms with Gasteiger partial charge in [-0.15, -0.1) is 6.58 Å². The molecule has 0 aromatic rings. The molecule has 0 atom stereocenters. The van der Waals surface area contributed by atoms with Crippen molar-refractivity contribution in [1.82, 2.24) is 5.32 Å². The van der Waals surface area contributed by atoms with Gasteiger partial charge in [0.05, 0.1) is 0 Å². The Labute approximate surface area is 118 Å². The van der Waals surface area contributed by atoms with E-state index in [1.165, 1.54) is 51.4 Å². The second-order valence-corrected chi connectivity index (χ2v) is 7.27. The van der Waals surface area contributed by atoms with Crippen molar-refractivity contribution in [3.8, 4) is 0 Å².